The third-order valence-electron chi connectivity index (χ3n) is 13.5. The van der Waals surface area contributed by atoms with Gasteiger partial charge in [0.05, 0.1) is 34.7 Å². The monoisotopic (exact) mass is 1080 g/mol. The van der Waals surface area contributed by atoms with Gasteiger partial charge in [0.15, 0.2) is 0 Å². The fraction of sp³-hybridized carbons (Fsp3) is 0.345. The van der Waals surface area contributed by atoms with Crippen LogP contribution in [0.15, 0.2) is 108 Å². The van der Waals surface area contributed by atoms with Gasteiger partial charge in [-0.1, -0.05) is 108 Å². The van der Waals surface area contributed by atoms with E-state index in [0.29, 0.717) is 0 Å². The molecule has 1 aliphatic heterocycles. The molecule has 8 aromatic heterocycles. The molecule has 11 rings (SSSR count). The van der Waals surface area contributed by atoms with E-state index >= 15 is 0 Å². The maximum absolute atomic E-state index is 6.08. The van der Waals surface area contributed by atoms with Crippen molar-refractivity contribution in [1.82, 2.24) is 17.5 Å². The largest absolute Gasteiger partial charge is 0.505 e. The lowest BCUT2D eigenvalue weighted by Gasteiger charge is -2.32. The van der Waals surface area contributed by atoms with E-state index in [2.05, 4.69) is 169 Å². The van der Waals surface area contributed by atoms with E-state index in [9.17, 15) is 0 Å². The third kappa shape index (κ3) is 12.0. The molecule has 1 saturated heterocycles. The second-order valence-corrected chi connectivity index (χ2v) is 26.6. The smallest absolute Gasteiger partial charge is 0.399 e. The Hall–Kier alpha value is -3.67. The molecule has 71 heavy (non-hydrogen) atoms. The summed E-state index contributed by atoms with van der Waals surface area (Å²) in [5, 5.41) is 4.19. The average molecular weight is 1090 g/mol. The Morgan fingerprint density at radius 2 is 1.03 bits per heavy atom. The number of hydrogen-bond acceptors (Lipinski definition) is 14. The number of aromatic nitrogens is 4. The van der Waals surface area contributed by atoms with Crippen LogP contribution in [0.25, 0.3) is 73.6 Å². The highest BCUT2D eigenvalue weighted by molar-refractivity contribution is 7.24. The normalized spacial score (nSPS) is 14.9. The molecule has 1 fully saturated rings. The molecule has 0 aliphatic carbocycles. The standard InChI is InChI=1S/C26H26N2S4.C15H25BO2S.C14H7BN2S3/c1-3-5-7-17(4-2)16-18-9-12-23(30-18)24-14-13-22(31-24)20-11-10-19(21-8-6-15-29-21)25-26(20)28-32-27-25;1-7-11(2)10-12-8-9-13(19-12)16-17-14(3,4)15(5,6)18-16;15-12-6-5-11(19-12)9-4-3-8(10-2-1-7-18-10)13-14(9)17-20-16-13/h6,8-15,17H,3-5,7,16H2,1-2H3;8-9,11H,7,10H2,1-6H3;1-7H. The predicted molar refractivity (Wildman–Crippen MR) is 317 cm³/mol. The molecule has 0 bridgehead atoms. The van der Waals surface area contributed by atoms with Crippen molar-refractivity contribution in [2.24, 2.45) is 11.8 Å². The van der Waals surface area contributed by atoms with Crippen molar-refractivity contribution in [1.29, 1.82) is 0 Å². The second kappa shape index (κ2) is 23.3. The molecule has 10 aromatic rings. The first-order valence-corrected chi connectivity index (χ1v) is 30.9. The summed E-state index contributed by atoms with van der Waals surface area (Å²) in [6.07, 6.45) is 8.85. The molecular weight excluding hydrogens is 1030 g/mol. The maximum Gasteiger partial charge on any atom is 0.505 e. The fourth-order valence-electron chi connectivity index (χ4n) is 8.43. The summed E-state index contributed by atoms with van der Waals surface area (Å²) < 4.78 is 32.4. The fourth-order valence-corrected chi connectivity index (χ4v) is 15.3. The van der Waals surface area contributed by atoms with Crippen molar-refractivity contribution in [2.45, 2.75) is 112 Å². The minimum absolute atomic E-state index is 0.208. The van der Waals surface area contributed by atoms with E-state index in [1.165, 1.54) is 112 Å². The van der Waals surface area contributed by atoms with Gasteiger partial charge in [0.25, 0.3) is 0 Å². The van der Waals surface area contributed by atoms with Gasteiger partial charge in [0.1, 0.15) is 29.9 Å². The van der Waals surface area contributed by atoms with Gasteiger partial charge in [-0.2, -0.15) is 28.8 Å². The lowest BCUT2D eigenvalue weighted by Crippen LogP contribution is -2.41. The molecule has 0 saturated carbocycles. The van der Waals surface area contributed by atoms with E-state index in [1.807, 2.05) is 46.1 Å². The van der Waals surface area contributed by atoms with E-state index in [1.54, 1.807) is 34.0 Å². The number of benzene rings is 2. The first kappa shape index (κ1) is 52.2. The summed E-state index contributed by atoms with van der Waals surface area (Å²) >= 11 is 13.3. The van der Waals surface area contributed by atoms with E-state index in [4.69, 9.17) is 17.2 Å². The van der Waals surface area contributed by atoms with E-state index in [0.717, 1.165) is 61.1 Å². The van der Waals surface area contributed by atoms with Crippen LogP contribution in [0.5, 0.6) is 0 Å². The molecule has 1 aliphatic rings. The zero-order valence-electron chi connectivity index (χ0n) is 41.5. The molecule has 0 N–H and O–H groups in total. The van der Waals surface area contributed by atoms with Crippen LogP contribution in [0.4, 0.5) is 0 Å². The molecule has 0 amide bonds. The highest BCUT2D eigenvalue weighted by Crippen LogP contribution is 2.43. The van der Waals surface area contributed by atoms with Gasteiger partial charge >= 0.3 is 7.12 Å². The minimum atomic E-state index is -0.251. The van der Waals surface area contributed by atoms with Crippen molar-refractivity contribution >= 4 is 138 Å². The second-order valence-electron chi connectivity index (χ2n) is 19.1. The Kier molecular flexibility index (Phi) is 17.1. The molecule has 9 heterocycles. The van der Waals surface area contributed by atoms with Gasteiger partial charge in [0.2, 0.25) is 0 Å². The van der Waals surface area contributed by atoms with Crippen LogP contribution < -0.4 is 9.55 Å². The summed E-state index contributed by atoms with van der Waals surface area (Å²) in [6, 6.07) is 34.6. The Morgan fingerprint density at radius 1 is 0.535 bits per heavy atom. The number of hydrogen-bond donors (Lipinski definition) is 0. The van der Waals surface area contributed by atoms with E-state index < -0.39 is 0 Å². The quantitative estimate of drug-likeness (QED) is 0.0953. The molecular formula is C55H58B2N4O2S8. The van der Waals surface area contributed by atoms with Gasteiger partial charge in [-0.05, 0) is 116 Å². The first-order chi connectivity index (χ1) is 34.3. The van der Waals surface area contributed by atoms with Crippen molar-refractivity contribution in [3.8, 4) is 51.5 Å². The molecule has 0 spiro atoms. The highest BCUT2D eigenvalue weighted by Gasteiger charge is 2.52. The summed E-state index contributed by atoms with van der Waals surface area (Å²) in [7, 11) is 5.62. The van der Waals surface area contributed by atoms with Crippen LogP contribution in [0.3, 0.4) is 0 Å². The van der Waals surface area contributed by atoms with Crippen LogP contribution >= 0.6 is 91.5 Å². The van der Waals surface area contributed by atoms with Gasteiger partial charge in [0, 0.05) is 66.0 Å². The third-order valence-corrected chi connectivity index (χ3v) is 20.9. The average Bonchev–Trinajstić information content (AvgIpc) is 4.20. The van der Waals surface area contributed by atoms with Crippen LogP contribution in [-0.2, 0) is 22.2 Å². The lowest BCUT2D eigenvalue weighted by molar-refractivity contribution is 0.00578. The zero-order valence-corrected chi connectivity index (χ0v) is 48.1. The number of thiophene rings is 6. The Balaban J connectivity index is 0.000000139. The van der Waals surface area contributed by atoms with Crippen LogP contribution in [0.1, 0.15) is 97.2 Å². The minimum Gasteiger partial charge on any atom is -0.399 e. The molecule has 2 aromatic carbocycles. The maximum atomic E-state index is 6.08. The Bertz CT molecular complexity index is 3250. The Labute approximate surface area is 453 Å². The van der Waals surface area contributed by atoms with Crippen molar-refractivity contribution in [2.75, 3.05) is 0 Å². The SMILES string of the molecule is CCC(C)Cc1ccc(B2OC(C)(C)C(C)(C)O2)s1.CCCCC(CC)Cc1ccc(-c2ccc(-c3ccc(-c4cccs4)c4nsnc34)s2)s1.[B]c1ccc(-c2ccc(-c3cccs3)c3nsnc23)s1. The molecule has 16 heteroatoms. The predicted octanol–water partition coefficient (Wildman–Crippen LogP) is 17.2. The summed E-state index contributed by atoms with van der Waals surface area (Å²) in [5.41, 5.74) is 8.09. The lowest BCUT2D eigenvalue weighted by atomic mass is 9.88. The molecule has 364 valence electrons. The number of nitrogens with zero attached hydrogens (tertiary/aromatic N) is 4. The molecule has 6 nitrogen and oxygen atoms in total. The summed E-state index contributed by atoms with van der Waals surface area (Å²) in [5.74, 6) is 1.55. The van der Waals surface area contributed by atoms with Crippen LogP contribution in [0.2, 0.25) is 0 Å². The van der Waals surface area contributed by atoms with Crippen molar-refractivity contribution < 1.29 is 9.31 Å². The highest BCUT2D eigenvalue weighted by atomic mass is 32.1. The van der Waals surface area contributed by atoms with E-state index in [-0.39, 0.29) is 18.3 Å². The van der Waals surface area contributed by atoms with Gasteiger partial charge in [-0.15, -0.1) is 56.7 Å². The summed E-state index contributed by atoms with van der Waals surface area (Å²) in [4.78, 5) is 10.5. The number of rotatable bonds is 15. The molecule has 2 radical (unpaired) electrons. The first-order valence-electron chi connectivity index (χ1n) is 24.4. The van der Waals surface area contributed by atoms with Crippen molar-refractivity contribution in [3.63, 3.8) is 0 Å². The van der Waals surface area contributed by atoms with Crippen molar-refractivity contribution in [3.05, 3.63) is 118 Å². The van der Waals surface area contributed by atoms with Gasteiger partial charge < -0.3 is 9.31 Å². The van der Waals surface area contributed by atoms with Crippen LogP contribution in [0, 0.1) is 11.8 Å². The van der Waals surface area contributed by atoms with Gasteiger partial charge in [-0.25, -0.2) is 0 Å². The topological polar surface area (TPSA) is 70.0 Å². The summed E-state index contributed by atoms with van der Waals surface area (Å²) in [6.45, 7) is 17.6. The Morgan fingerprint density at radius 3 is 1.54 bits per heavy atom. The van der Waals surface area contributed by atoms with Gasteiger partial charge in [-0.3, -0.25) is 0 Å². The van der Waals surface area contributed by atoms with Crippen LogP contribution in [-0.4, -0.2) is 43.7 Å². The number of fused-ring (bicyclic) bond motifs is 2. The molecule has 2 unspecified atom stereocenters. The molecule has 2 atom stereocenters. The number of unbranched alkanes of at least 4 members (excludes halogenated alkanes) is 1. The zero-order chi connectivity index (χ0) is 49.7.